The van der Waals surface area contributed by atoms with Crippen LogP contribution in [0.2, 0.25) is 0 Å². The summed E-state index contributed by atoms with van der Waals surface area (Å²) in [5.74, 6) is -2.77. The Kier molecular flexibility index (Phi) is 27.1. The summed E-state index contributed by atoms with van der Waals surface area (Å²) in [7, 11) is 0. The number of carboxylic acids is 3. The van der Waals surface area contributed by atoms with Crippen molar-refractivity contribution < 1.29 is 34.5 Å². The van der Waals surface area contributed by atoms with Crippen molar-refractivity contribution in [2.75, 3.05) is 6.54 Å². The topological polar surface area (TPSA) is 141 Å². The van der Waals surface area contributed by atoms with Gasteiger partial charge in [0.25, 0.3) is 5.97 Å². The average Bonchev–Trinajstić information content (AvgIpc) is 2.85. The van der Waals surface area contributed by atoms with Gasteiger partial charge in [-0.15, -0.1) is 0 Å². The fraction of sp³-hybridized carbons (Fsp3) is 0.655. The number of carbonyl (C=O) groups excluding carboxylic acids is 1. The van der Waals surface area contributed by atoms with Gasteiger partial charge in [0, 0.05) is 19.9 Å². The van der Waals surface area contributed by atoms with Crippen molar-refractivity contribution in [1.29, 1.82) is 0 Å². The van der Waals surface area contributed by atoms with Crippen molar-refractivity contribution >= 4 is 23.8 Å². The summed E-state index contributed by atoms with van der Waals surface area (Å²) in [6.07, 6.45) is 18.5. The number of benzene rings is 1. The highest BCUT2D eigenvalue weighted by Gasteiger charge is 2.04. The minimum Gasteiger partial charge on any atom is -0.481 e. The average molecular weight is 524 g/mol. The predicted molar refractivity (Wildman–Crippen MR) is 147 cm³/mol. The number of rotatable bonds is 19. The molecule has 0 spiro atoms. The molecule has 0 fully saturated rings. The maximum atomic E-state index is 11.3. The van der Waals surface area contributed by atoms with Crippen LogP contribution in [0.25, 0.3) is 0 Å². The summed E-state index contributed by atoms with van der Waals surface area (Å²) < 4.78 is 0. The Morgan fingerprint density at radius 1 is 0.649 bits per heavy atom. The molecule has 0 aliphatic carbocycles. The molecule has 0 saturated carbocycles. The zero-order valence-corrected chi connectivity index (χ0v) is 22.9. The fourth-order valence-electron chi connectivity index (χ4n) is 3.44. The van der Waals surface area contributed by atoms with Crippen LogP contribution in [0.1, 0.15) is 127 Å². The second-order valence-corrected chi connectivity index (χ2v) is 9.03. The Hall–Kier alpha value is -2.90. The standard InChI is InChI=1S/C20H39NO3.C7H6O2.C2H4O2/c1-2-3-4-5-6-7-8-9-10-11-12-13-14-15-18-21-19(22)16-17-20(23)24;8-7(9)6-4-2-1-3-5-6;1-2(3)4/h2-18H2,1H3,(H,21,22)(H,23,24);1-5H,(H,8,9);1H3,(H,3,4). The highest BCUT2D eigenvalue weighted by Crippen LogP contribution is 2.12. The number of aliphatic carboxylic acids is 2. The molecule has 0 aliphatic heterocycles. The molecule has 0 heterocycles. The molecule has 8 heteroatoms. The molecule has 0 radical (unpaired) electrons. The van der Waals surface area contributed by atoms with Gasteiger partial charge in [-0.05, 0) is 18.6 Å². The summed E-state index contributed by atoms with van der Waals surface area (Å²) >= 11 is 0. The quantitative estimate of drug-likeness (QED) is 0.144. The van der Waals surface area contributed by atoms with E-state index in [0.717, 1.165) is 19.8 Å². The van der Waals surface area contributed by atoms with E-state index in [1.54, 1.807) is 30.3 Å². The molecule has 212 valence electrons. The number of carboxylic acid groups (broad SMARTS) is 3. The molecule has 37 heavy (non-hydrogen) atoms. The van der Waals surface area contributed by atoms with Gasteiger partial charge in [-0.3, -0.25) is 14.4 Å². The molecule has 1 rings (SSSR count). The lowest BCUT2D eigenvalue weighted by atomic mass is 10.0. The van der Waals surface area contributed by atoms with Gasteiger partial charge < -0.3 is 20.6 Å². The monoisotopic (exact) mass is 523 g/mol. The molecule has 4 N–H and O–H groups in total. The SMILES string of the molecule is CC(=O)O.CCCCCCCCCCCCCCCCNC(=O)CCC(=O)O.O=C(O)c1ccccc1. The summed E-state index contributed by atoms with van der Waals surface area (Å²) in [6, 6.07) is 8.30. The van der Waals surface area contributed by atoms with Gasteiger partial charge in [-0.1, -0.05) is 109 Å². The minimum atomic E-state index is -0.915. The van der Waals surface area contributed by atoms with Crippen LogP contribution in [-0.4, -0.2) is 45.7 Å². The van der Waals surface area contributed by atoms with Gasteiger partial charge in [0.05, 0.1) is 12.0 Å². The van der Waals surface area contributed by atoms with Crippen LogP contribution in [0.3, 0.4) is 0 Å². The summed E-state index contributed by atoms with van der Waals surface area (Å²) in [6.45, 7) is 4.02. The van der Waals surface area contributed by atoms with Gasteiger partial charge in [0.15, 0.2) is 0 Å². The van der Waals surface area contributed by atoms with Gasteiger partial charge in [-0.25, -0.2) is 4.79 Å². The molecule has 0 bridgehead atoms. The Labute approximate surface area is 222 Å². The minimum absolute atomic E-state index is 0.0788. The third kappa shape index (κ3) is 33.1. The summed E-state index contributed by atoms with van der Waals surface area (Å²) in [5, 5.41) is 27.1. The first-order valence-electron chi connectivity index (χ1n) is 13.7. The zero-order valence-electron chi connectivity index (χ0n) is 22.9. The zero-order chi connectivity index (χ0) is 28.2. The first-order valence-corrected chi connectivity index (χ1v) is 13.7. The largest absolute Gasteiger partial charge is 0.481 e. The number of hydrogen-bond acceptors (Lipinski definition) is 4. The van der Waals surface area contributed by atoms with E-state index in [0.29, 0.717) is 12.1 Å². The van der Waals surface area contributed by atoms with Crippen molar-refractivity contribution in [1.82, 2.24) is 5.32 Å². The van der Waals surface area contributed by atoms with E-state index in [-0.39, 0.29) is 18.7 Å². The van der Waals surface area contributed by atoms with E-state index in [4.69, 9.17) is 20.1 Å². The van der Waals surface area contributed by atoms with Crippen molar-refractivity contribution in [2.24, 2.45) is 0 Å². The molecule has 1 aromatic rings. The van der Waals surface area contributed by atoms with Gasteiger partial charge >= 0.3 is 11.9 Å². The fourth-order valence-corrected chi connectivity index (χ4v) is 3.44. The Balaban J connectivity index is 0. The second-order valence-electron chi connectivity index (χ2n) is 9.03. The number of nitrogens with one attached hydrogen (secondary N) is 1. The molecule has 0 saturated heterocycles. The smallest absolute Gasteiger partial charge is 0.335 e. The third-order valence-electron chi connectivity index (χ3n) is 5.44. The van der Waals surface area contributed by atoms with Gasteiger partial charge in [0.1, 0.15) is 0 Å². The molecule has 8 nitrogen and oxygen atoms in total. The number of amides is 1. The van der Waals surface area contributed by atoms with Crippen LogP contribution in [0.15, 0.2) is 30.3 Å². The van der Waals surface area contributed by atoms with Gasteiger partial charge in [-0.2, -0.15) is 0 Å². The van der Waals surface area contributed by atoms with E-state index in [2.05, 4.69) is 12.2 Å². The molecule has 1 aromatic carbocycles. The van der Waals surface area contributed by atoms with Crippen molar-refractivity contribution in [3.8, 4) is 0 Å². The third-order valence-corrected chi connectivity index (χ3v) is 5.44. The van der Waals surface area contributed by atoms with Crippen molar-refractivity contribution in [2.45, 2.75) is 117 Å². The summed E-state index contributed by atoms with van der Waals surface area (Å²) in [5.41, 5.74) is 0.331. The number of aromatic carboxylic acids is 1. The lowest BCUT2D eigenvalue weighted by molar-refractivity contribution is -0.138. The van der Waals surface area contributed by atoms with Crippen LogP contribution in [0.5, 0.6) is 0 Å². The van der Waals surface area contributed by atoms with Crippen molar-refractivity contribution in [3.63, 3.8) is 0 Å². The molecule has 0 aliphatic rings. The molecular formula is C29H49NO7. The highest BCUT2D eigenvalue weighted by molar-refractivity contribution is 5.87. The van der Waals surface area contributed by atoms with E-state index in [1.165, 1.54) is 77.0 Å². The lowest BCUT2D eigenvalue weighted by Crippen LogP contribution is -2.24. The van der Waals surface area contributed by atoms with Crippen LogP contribution in [0, 0.1) is 0 Å². The number of hydrogen-bond donors (Lipinski definition) is 4. The van der Waals surface area contributed by atoms with Crippen LogP contribution < -0.4 is 5.32 Å². The lowest BCUT2D eigenvalue weighted by Gasteiger charge is -2.05. The number of carbonyl (C=O) groups is 4. The van der Waals surface area contributed by atoms with E-state index in [9.17, 15) is 14.4 Å². The molecular weight excluding hydrogens is 474 g/mol. The second kappa shape index (κ2) is 27.7. The predicted octanol–water partition coefficient (Wildman–Crippen LogP) is 6.92. The Morgan fingerprint density at radius 3 is 1.41 bits per heavy atom. The van der Waals surface area contributed by atoms with E-state index in [1.807, 2.05) is 0 Å². The van der Waals surface area contributed by atoms with Crippen LogP contribution >= 0.6 is 0 Å². The molecule has 0 aromatic heterocycles. The summed E-state index contributed by atoms with van der Waals surface area (Å²) in [4.78, 5) is 40.8. The molecule has 0 atom stereocenters. The Bertz CT molecular complexity index is 703. The maximum absolute atomic E-state index is 11.3. The van der Waals surface area contributed by atoms with E-state index >= 15 is 0 Å². The highest BCUT2D eigenvalue weighted by atomic mass is 16.4. The van der Waals surface area contributed by atoms with Crippen LogP contribution in [0.4, 0.5) is 0 Å². The first-order chi connectivity index (χ1) is 17.7. The molecule has 1 amide bonds. The van der Waals surface area contributed by atoms with Crippen molar-refractivity contribution in [3.05, 3.63) is 35.9 Å². The Morgan fingerprint density at radius 2 is 1.05 bits per heavy atom. The molecule has 0 unspecified atom stereocenters. The van der Waals surface area contributed by atoms with E-state index < -0.39 is 17.9 Å². The van der Waals surface area contributed by atoms with Gasteiger partial charge in [0.2, 0.25) is 5.91 Å². The first kappa shape index (κ1) is 36.3. The maximum Gasteiger partial charge on any atom is 0.335 e. The normalized spacial score (nSPS) is 9.78. The van der Waals surface area contributed by atoms with Crippen LogP contribution in [-0.2, 0) is 14.4 Å². The number of unbranched alkanes of at least 4 members (excludes halogenated alkanes) is 13.